The number of hydrogen-bond acceptors (Lipinski definition) is 2. The summed E-state index contributed by atoms with van der Waals surface area (Å²) >= 11 is 0. The van der Waals surface area contributed by atoms with E-state index in [4.69, 9.17) is 4.74 Å². The van der Waals surface area contributed by atoms with Crippen LogP contribution in [0.2, 0.25) is 0 Å². The summed E-state index contributed by atoms with van der Waals surface area (Å²) in [7, 11) is 0. The number of anilines is 3. The first-order valence-electron chi connectivity index (χ1n) is 23.1. The molecule has 11 aromatic rings. The van der Waals surface area contributed by atoms with Crippen molar-refractivity contribution in [1.29, 1.82) is 0 Å². The van der Waals surface area contributed by atoms with Crippen LogP contribution in [0.15, 0.2) is 261 Å². The Labute approximate surface area is 391 Å². The fraction of sp³-hybridized carbons (Fsp3) is 0.0154. The van der Waals surface area contributed by atoms with E-state index in [2.05, 4.69) is 266 Å². The van der Waals surface area contributed by atoms with E-state index in [0.29, 0.717) is 0 Å². The van der Waals surface area contributed by atoms with Crippen LogP contribution < -0.4 is 9.64 Å². The Balaban J connectivity index is 1.08. The molecule has 0 N–H and O–H groups in total. The predicted molar refractivity (Wildman–Crippen MR) is 278 cm³/mol. The van der Waals surface area contributed by atoms with Gasteiger partial charge in [-0.1, -0.05) is 200 Å². The van der Waals surface area contributed by atoms with E-state index in [9.17, 15) is 0 Å². The van der Waals surface area contributed by atoms with E-state index in [-0.39, 0.29) is 0 Å². The summed E-state index contributed by atoms with van der Waals surface area (Å²) in [5.74, 6) is 1.64. The van der Waals surface area contributed by atoms with Crippen molar-refractivity contribution in [2.24, 2.45) is 0 Å². The van der Waals surface area contributed by atoms with Crippen molar-refractivity contribution in [3.8, 4) is 67.1 Å². The van der Waals surface area contributed by atoms with E-state index >= 15 is 0 Å². The van der Waals surface area contributed by atoms with Crippen LogP contribution in [0.5, 0.6) is 11.5 Å². The summed E-state index contributed by atoms with van der Waals surface area (Å²) in [6.07, 6.45) is 0. The van der Waals surface area contributed by atoms with Gasteiger partial charge in [-0.15, -0.1) is 0 Å². The minimum atomic E-state index is -0.562. The van der Waals surface area contributed by atoms with E-state index in [1.807, 2.05) is 0 Å². The van der Waals surface area contributed by atoms with Crippen molar-refractivity contribution in [2.75, 3.05) is 4.90 Å². The molecule has 2 heteroatoms. The molecule has 0 bridgehead atoms. The maximum Gasteiger partial charge on any atom is 0.137 e. The molecule has 1 aliphatic carbocycles. The van der Waals surface area contributed by atoms with E-state index in [1.54, 1.807) is 0 Å². The fourth-order valence-corrected chi connectivity index (χ4v) is 10.9. The summed E-state index contributed by atoms with van der Waals surface area (Å²) in [5, 5.41) is 2.36. The number of nitrogens with zero attached hydrogens (tertiary/aromatic N) is 1. The van der Waals surface area contributed by atoms with E-state index in [1.165, 1.54) is 55.3 Å². The molecule has 0 radical (unpaired) electrons. The smallest absolute Gasteiger partial charge is 0.137 e. The van der Waals surface area contributed by atoms with Gasteiger partial charge in [-0.05, 0) is 138 Å². The Morgan fingerprint density at radius 2 is 0.836 bits per heavy atom. The summed E-state index contributed by atoms with van der Waals surface area (Å²) < 4.78 is 7.18. The fourth-order valence-electron chi connectivity index (χ4n) is 10.9. The zero-order valence-electron chi connectivity index (χ0n) is 36.7. The summed E-state index contributed by atoms with van der Waals surface area (Å²) in [6.45, 7) is 0. The quantitative estimate of drug-likeness (QED) is 0.158. The van der Waals surface area contributed by atoms with Gasteiger partial charge in [0, 0.05) is 22.5 Å². The molecule has 2 nitrogen and oxygen atoms in total. The van der Waals surface area contributed by atoms with Crippen LogP contribution in [0.4, 0.5) is 17.1 Å². The van der Waals surface area contributed by atoms with Gasteiger partial charge in [0.05, 0.1) is 11.1 Å². The third kappa shape index (κ3) is 6.26. The van der Waals surface area contributed by atoms with Gasteiger partial charge < -0.3 is 9.64 Å². The molecule has 0 atom stereocenters. The molecule has 0 unspecified atom stereocenters. The number of fused-ring (bicyclic) bond motifs is 9. The van der Waals surface area contributed by atoms with Gasteiger partial charge in [-0.25, -0.2) is 0 Å². The highest BCUT2D eigenvalue weighted by molar-refractivity contribution is 6.05. The third-order valence-corrected chi connectivity index (χ3v) is 13.9. The molecule has 0 spiro atoms. The van der Waals surface area contributed by atoms with Gasteiger partial charge in [-0.3, -0.25) is 0 Å². The van der Waals surface area contributed by atoms with Gasteiger partial charge in [0.25, 0.3) is 0 Å². The lowest BCUT2D eigenvalue weighted by Gasteiger charge is -2.35. The van der Waals surface area contributed by atoms with Crippen molar-refractivity contribution in [3.63, 3.8) is 0 Å². The molecule has 1 aliphatic heterocycles. The Bertz CT molecular complexity index is 3600. The molecular formula is C65H43NO. The molecule has 0 amide bonds. The Hall–Kier alpha value is -8.72. The molecule has 0 aromatic heterocycles. The summed E-state index contributed by atoms with van der Waals surface area (Å²) in [5.41, 5.74) is 19.1. The average Bonchev–Trinajstić information content (AvgIpc) is 3.62. The monoisotopic (exact) mass is 853 g/mol. The molecule has 11 aromatic carbocycles. The molecule has 0 saturated carbocycles. The minimum Gasteiger partial charge on any atom is -0.456 e. The second-order valence-corrected chi connectivity index (χ2v) is 17.6. The predicted octanol–water partition coefficient (Wildman–Crippen LogP) is 17.4. The highest BCUT2D eigenvalue weighted by Gasteiger charge is 2.46. The van der Waals surface area contributed by atoms with Crippen molar-refractivity contribution in [1.82, 2.24) is 0 Å². The van der Waals surface area contributed by atoms with Crippen LogP contribution in [-0.4, -0.2) is 0 Å². The molecule has 0 fully saturated rings. The van der Waals surface area contributed by atoms with E-state index < -0.39 is 5.41 Å². The number of ether oxygens (including phenoxy) is 1. The topological polar surface area (TPSA) is 12.5 Å². The summed E-state index contributed by atoms with van der Waals surface area (Å²) in [4.78, 5) is 2.45. The zero-order valence-corrected chi connectivity index (χ0v) is 36.7. The largest absolute Gasteiger partial charge is 0.456 e. The first kappa shape index (κ1) is 38.7. The lowest BCUT2D eigenvalue weighted by atomic mass is 9.67. The highest BCUT2D eigenvalue weighted by Crippen LogP contribution is 2.59. The van der Waals surface area contributed by atoms with Gasteiger partial charge >= 0.3 is 0 Å². The number of hydrogen-bond donors (Lipinski definition) is 0. The van der Waals surface area contributed by atoms with Crippen molar-refractivity contribution < 1.29 is 4.74 Å². The molecule has 1 heterocycles. The average molecular weight is 854 g/mol. The Morgan fingerprint density at radius 3 is 1.52 bits per heavy atom. The first-order chi connectivity index (χ1) is 33.2. The standard InChI is InChI=1S/C65H43NO/c1-5-18-44(19-6-1)46-32-35-52(36-33-46)66(53-37-38-55-54-28-15-16-29-59(54)65(60(55)43-53,50-24-9-3-10-25-50)51-26-11-4-12-27-51)61-30-17-31-63-64(61)58-42-48-23-14-13-22-47(48)40-56(58)57-41-49(34-39-62(57)67-63)45-20-7-2-8-21-45/h1-43H. The maximum absolute atomic E-state index is 7.18. The molecule has 314 valence electrons. The second kappa shape index (κ2) is 15.8. The van der Waals surface area contributed by atoms with Crippen LogP contribution in [0.1, 0.15) is 22.3 Å². The lowest BCUT2D eigenvalue weighted by Crippen LogP contribution is -2.28. The number of rotatable bonds is 7. The van der Waals surface area contributed by atoms with Crippen LogP contribution in [-0.2, 0) is 5.41 Å². The molecule has 2 aliphatic rings. The van der Waals surface area contributed by atoms with Crippen molar-refractivity contribution in [3.05, 3.63) is 283 Å². The molecule has 0 saturated heterocycles. The zero-order chi connectivity index (χ0) is 44.3. The number of benzene rings is 11. The minimum absolute atomic E-state index is 0.562. The van der Waals surface area contributed by atoms with Crippen LogP contribution >= 0.6 is 0 Å². The van der Waals surface area contributed by atoms with Gasteiger partial charge in [0.2, 0.25) is 0 Å². The molecule has 13 rings (SSSR count). The Kier molecular flexibility index (Phi) is 9.11. The summed E-state index contributed by atoms with van der Waals surface area (Å²) in [6, 6.07) is 95.0. The van der Waals surface area contributed by atoms with Crippen molar-refractivity contribution >= 4 is 27.8 Å². The lowest BCUT2D eigenvalue weighted by molar-refractivity contribution is 0.488. The van der Waals surface area contributed by atoms with Crippen LogP contribution in [0, 0.1) is 0 Å². The van der Waals surface area contributed by atoms with Crippen LogP contribution in [0.3, 0.4) is 0 Å². The van der Waals surface area contributed by atoms with Gasteiger partial charge in [0.1, 0.15) is 11.5 Å². The third-order valence-electron chi connectivity index (χ3n) is 13.9. The van der Waals surface area contributed by atoms with Crippen LogP contribution in [0.25, 0.3) is 66.4 Å². The highest BCUT2D eigenvalue weighted by atomic mass is 16.5. The molecule has 67 heavy (non-hydrogen) atoms. The van der Waals surface area contributed by atoms with Crippen molar-refractivity contribution in [2.45, 2.75) is 5.41 Å². The first-order valence-corrected chi connectivity index (χ1v) is 23.1. The Morgan fingerprint density at radius 1 is 0.299 bits per heavy atom. The van der Waals surface area contributed by atoms with Gasteiger partial charge in [-0.2, -0.15) is 0 Å². The normalized spacial score (nSPS) is 12.7. The molecular weight excluding hydrogens is 811 g/mol. The second-order valence-electron chi connectivity index (χ2n) is 17.6. The maximum atomic E-state index is 7.18. The van der Waals surface area contributed by atoms with E-state index in [0.717, 1.165) is 61.9 Å². The van der Waals surface area contributed by atoms with Gasteiger partial charge in [0.15, 0.2) is 0 Å². The SMILES string of the molecule is c1ccc(-c2ccc(N(c3ccc4c(c3)C(c3ccccc3)(c3ccccc3)c3ccccc3-4)c3cccc4c3-c3cc5ccccc5cc3-c3cc(-c5ccccc5)ccc3O4)cc2)cc1.